The van der Waals surface area contributed by atoms with Gasteiger partial charge in [0.05, 0.1) is 4.92 Å². The van der Waals surface area contributed by atoms with E-state index in [2.05, 4.69) is 10.1 Å². The van der Waals surface area contributed by atoms with E-state index in [-0.39, 0.29) is 21.6 Å². The summed E-state index contributed by atoms with van der Waals surface area (Å²) < 4.78 is 1.25. The quantitative estimate of drug-likeness (QED) is 0.399. The molecule has 98 valence electrons. The predicted molar refractivity (Wildman–Crippen MR) is 64.3 cm³/mol. The van der Waals surface area contributed by atoms with Crippen LogP contribution in [-0.2, 0) is 0 Å². The Morgan fingerprint density at radius 3 is 2.79 bits per heavy atom. The molecule has 8 nitrogen and oxygen atoms in total. The molecule has 0 saturated heterocycles. The van der Waals surface area contributed by atoms with E-state index >= 15 is 0 Å². The molecule has 1 aromatic carbocycles. The van der Waals surface area contributed by atoms with Gasteiger partial charge < -0.3 is 10.2 Å². The molecule has 0 fully saturated rings. The van der Waals surface area contributed by atoms with Gasteiger partial charge in [0.1, 0.15) is 11.9 Å². The van der Waals surface area contributed by atoms with E-state index in [1.54, 1.807) is 0 Å². The molecule has 0 radical (unpaired) electrons. The highest BCUT2D eigenvalue weighted by Crippen LogP contribution is 2.31. The number of azo groups is 2. The lowest BCUT2D eigenvalue weighted by molar-refractivity contribution is -0.483. The number of aromatic hydroxyl groups is 1. The number of phenolic OH excluding ortho intramolecular Hbond substituents is 1. The number of hydrogen-bond acceptors (Lipinski definition) is 7. The van der Waals surface area contributed by atoms with Gasteiger partial charge in [-0.05, 0) is 29.2 Å². The number of aromatic nitrogens is 1. The van der Waals surface area contributed by atoms with Gasteiger partial charge in [-0.25, -0.2) is 4.98 Å². The Labute approximate surface area is 111 Å². The van der Waals surface area contributed by atoms with Crippen molar-refractivity contribution in [2.24, 2.45) is 5.11 Å². The van der Waals surface area contributed by atoms with Crippen LogP contribution in [0, 0.1) is 10.1 Å². The fourth-order valence-corrected chi connectivity index (χ4v) is 1.98. The summed E-state index contributed by atoms with van der Waals surface area (Å²) in [4.78, 5) is 13.7. The highest BCUT2D eigenvalue weighted by molar-refractivity contribution is 7.18. The van der Waals surface area contributed by atoms with Crippen LogP contribution in [0.4, 0.5) is 15.8 Å². The molecule has 0 aliphatic heterocycles. The summed E-state index contributed by atoms with van der Waals surface area (Å²) in [6, 6.07) is 3.82. The van der Waals surface area contributed by atoms with Crippen LogP contribution in [-0.4, -0.2) is 26.8 Å². The van der Waals surface area contributed by atoms with Crippen molar-refractivity contribution in [3.8, 4) is 11.5 Å². The second-order valence-corrected chi connectivity index (χ2v) is 4.50. The van der Waals surface area contributed by atoms with Crippen LogP contribution in [0.1, 0.15) is 0 Å². The summed E-state index contributed by atoms with van der Waals surface area (Å²) in [5.74, 6) is -0.538. The molecule has 2 rings (SSSR count). The Morgan fingerprint density at radius 2 is 2.21 bits per heavy atom. The van der Waals surface area contributed by atoms with Crippen molar-refractivity contribution in [3.63, 3.8) is 0 Å². The maximum absolute atomic E-state index is 11.6. The molecule has 19 heavy (non-hydrogen) atoms. The van der Waals surface area contributed by atoms with E-state index in [0.717, 1.165) is 23.6 Å². The number of nitro groups is 1. The molecule has 0 unspecified atom stereocenters. The Kier molecular flexibility index (Phi) is 3.38. The molecule has 0 aliphatic rings. The van der Waals surface area contributed by atoms with Gasteiger partial charge in [-0.3, -0.25) is 10.1 Å². The fraction of sp³-hybridized carbons (Fsp3) is 0.100. The predicted octanol–water partition coefficient (Wildman–Crippen LogP) is 1.89. The van der Waals surface area contributed by atoms with E-state index in [4.69, 9.17) is 5.11 Å². The lowest BCUT2D eigenvalue weighted by Gasteiger charge is -2.06. The van der Waals surface area contributed by atoms with Crippen LogP contribution < -0.4 is 5.11 Å². The molecular weight excluding hydrogens is 272 g/mol. The van der Waals surface area contributed by atoms with Crippen molar-refractivity contribution in [3.05, 3.63) is 34.5 Å². The standard InChI is InChI=1S/C10H8N4O4S/c1-13(7-3-2-6(15)4-8(7)16)12-10-11-5-9(19-10)14(17)18/h2-5H,1H3,(H-,11,12,15,16). The molecule has 1 N–H and O–H groups in total. The van der Waals surface area contributed by atoms with Crippen LogP contribution in [0.2, 0.25) is 0 Å². The highest BCUT2D eigenvalue weighted by atomic mass is 32.1. The monoisotopic (exact) mass is 280 g/mol. The van der Waals surface area contributed by atoms with Crippen LogP contribution in [0.15, 0.2) is 29.5 Å². The fourth-order valence-electron chi connectivity index (χ4n) is 1.34. The lowest BCUT2D eigenvalue weighted by Crippen LogP contribution is -1.99. The third-order valence-corrected chi connectivity index (χ3v) is 3.02. The minimum absolute atomic E-state index is 0.125. The van der Waals surface area contributed by atoms with Crippen LogP contribution in [0.3, 0.4) is 0 Å². The molecule has 1 aromatic heterocycles. The van der Waals surface area contributed by atoms with E-state index in [1.165, 1.54) is 23.9 Å². The summed E-state index contributed by atoms with van der Waals surface area (Å²) >= 11 is 0.803. The van der Waals surface area contributed by atoms with Crippen molar-refractivity contribution in [2.75, 3.05) is 7.05 Å². The largest absolute Gasteiger partial charge is 0.868 e. The zero-order valence-corrected chi connectivity index (χ0v) is 10.5. The number of thiazole rings is 1. The zero-order chi connectivity index (χ0) is 14.0. The van der Waals surface area contributed by atoms with Gasteiger partial charge in [0, 0.05) is 11.2 Å². The van der Waals surface area contributed by atoms with Gasteiger partial charge in [-0.15, -0.1) is 0 Å². The number of nitrogens with zero attached hydrogens (tertiary/aromatic N) is 4. The maximum atomic E-state index is 11.6. The third-order valence-electron chi connectivity index (χ3n) is 2.19. The second-order valence-electron chi connectivity index (χ2n) is 3.51. The van der Waals surface area contributed by atoms with E-state index < -0.39 is 10.7 Å². The molecule has 0 bridgehead atoms. The Balaban J connectivity index is 2.34. The van der Waals surface area contributed by atoms with Crippen molar-refractivity contribution >= 4 is 27.2 Å². The highest BCUT2D eigenvalue weighted by Gasteiger charge is 2.15. The van der Waals surface area contributed by atoms with Crippen LogP contribution in [0.25, 0.3) is 0 Å². The van der Waals surface area contributed by atoms with Gasteiger partial charge >= 0.3 is 5.00 Å². The average molecular weight is 280 g/mol. The molecule has 0 atom stereocenters. The van der Waals surface area contributed by atoms with Crippen molar-refractivity contribution < 1.29 is 19.8 Å². The van der Waals surface area contributed by atoms with Crippen molar-refractivity contribution in [1.29, 1.82) is 0 Å². The molecular formula is C10H8N4O4S. The second kappa shape index (κ2) is 4.98. The lowest BCUT2D eigenvalue weighted by atomic mass is 10.3. The van der Waals surface area contributed by atoms with Gasteiger partial charge in [-0.2, -0.15) is 0 Å². The van der Waals surface area contributed by atoms with Crippen molar-refractivity contribution in [2.45, 2.75) is 0 Å². The summed E-state index contributed by atoms with van der Waals surface area (Å²) in [6.45, 7) is 0. The minimum atomic E-state index is -0.559. The smallest absolute Gasteiger partial charge is 0.345 e. The van der Waals surface area contributed by atoms with E-state index in [1.807, 2.05) is 0 Å². The summed E-state index contributed by atoms with van der Waals surface area (Å²) in [7, 11) is 1.51. The SMILES string of the molecule is C[N+](=Nc1ncc([N+](=O)[O-])s1)c1ccc(O)cc1[O-]. The summed E-state index contributed by atoms with van der Waals surface area (Å²) in [6.07, 6.45) is 1.10. The molecule has 2 aromatic rings. The van der Waals surface area contributed by atoms with Gasteiger partial charge in [0.2, 0.25) is 5.69 Å². The van der Waals surface area contributed by atoms with Crippen molar-refractivity contribution in [1.82, 2.24) is 4.98 Å². The Bertz CT molecular complexity index is 667. The Hall–Kier alpha value is -2.55. The summed E-state index contributed by atoms with van der Waals surface area (Å²) in [5.41, 5.74) is 0.232. The normalized spacial score (nSPS) is 11.5. The number of phenols is 1. The molecule has 0 aliphatic carbocycles. The number of hydrogen-bond donors (Lipinski definition) is 1. The first kappa shape index (κ1) is 12.9. The van der Waals surface area contributed by atoms with E-state index in [9.17, 15) is 15.2 Å². The molecule has 9 heteroatoms. The zero-order valence-electron chi connectivity index (χ0n) is 9.68. The Morgan fingerprint density at radius 1 is 1.47 bits per heavy atom. The topological polar surface area (TPSA) is 115 Å². The molecule has 0 saturated carbocycles. The van der Waals surface area contributed by atoms with Gasteiger partial charge in [-0.1, -0.05) is 4.70 Å². The third kappa shape index (κ3) is 2.83. The molecule has 0 amide bonds. The van der Waals surface area contributed by atoms with E-state index in [0.29, 0.717) is 0 Å². The number of benzene rings is 1. The maximum Gasteiger partial charge on any atom is 0.345 e. The minimum Gasteiger partial charge on any atom is -0.868 e. The average Bonchev–Trinajstić information content (AvgIpc) is 2.77. The molecule has 0 spiro atoms. The summed E-state index contributed by atoms with van der Waals surface area (Å²) in [5, 5.41) is 35.3. The molecule has 1 heterocycles. The first-order valence-corrected chi connectivity index (χ1v) is 5.84. The first-order chi connectivity index (χ1) is 8.97. The van der Waals surface area contributed by atoms with Gasteiger partial charge in [0.25, 0.3) is 5.13 Å². The number of rotatable bonds is 3. The first-order valence-electron chi connectivity index (χ1n) is 5.03. The van der Waals surface area contributed by atoms with Crippen LogP contribution >= 0.6 is 11.3 Å². The van der Waals surface area contributed by atoms with Gasteiger partial charge in [0.15, 0.2) is 7.05 Å². The van der Waals surface area contributed by atoms with Crippen LogP contribution in [0.5, 0.6) is 11.5 Å².